The van der Waals surface area contributed by atoms with Gasteiger partial charge in [0, 0.05) is 17.5 Å². The Labute approximate surface area is 170 Å². The molecule has 0 bridgehead atoms. The lowest BCUT2D eigenvalue weighted by Crippen LogP contribution is -2.16. The highest BCUT2D eigenvalue weighted by Gasteiger charge is 2.28. The van der Waals surface area contributed by atoms with Crippen molar-refractivity contribution in [2.45, 2.75) is 38.3 Å². The van der Waals surface area contributed by atoms with Crippen molar-refractivity contribution < 1.29 is 0 Å². The number of benzene rings is 2. The predicted octanol–water partition coefficient (Wildman–Crippen LogP) is 5.22. The monoisotopic (exact) mass is 390 g/mol. The van der Waals surface area contributed by atoms with Crippen LogP contribution in [0.25, 0.3) is 11.3 Å². The minimum atomic E-state index is 0.389. The van der Waals surface area contributed by atoms with E-state index in [2.05, 4.69) is 75.3 Å². The molecule has 0 spiro atoms. The van der Waals surface area contributed by atoms with Gasteiger partial charge in [-0.25, -0.2) is 0 Å². The summed E-state index contributed by atoms with van der Waals surface area (Å²) in [5.74, 6) is 2.48. The highest BCUT2D eigenvalue weighted by molar-refractivity contribution is 6.30. The first-order valence-corrected chi connectivity index (χ1v) is 10.2. The molecule has 28 heavy (non-hydrogen) atoms. The number of fused-ring (bicyclic) bond motifs is 3. The molecule has 0 saturated heterocycles. The van der Waals surface area contributed by atoms with Gasteiger partial charge >= 0.3 is 0 Å². The van der Waals surface area contributed by atoms with Gasteiger partial charge in [0.1, 0.15) is 5.82 Å². The second kappa shape index (κ2) is 7.19. The van der Waals surface area contributed by atoms with Gasteiger partial charge in [0.05, 0.1) is 12.2 Å². The minimum Gasteiger partial charge on any atom is -0.295 e. The van der Waals surface area contributed by atoms with Gasteiger partial charge < -0.3 is 0 Å². The zero-order valence-electron chi connectivity index (χ0n) is 16.0. The summed E-state index contributed by atoms with van der Waals surface area (Å²) in [6.07, 6.45) is 5.56. The van der Waals surface area contributed by atoms with Crippen LogP contribution >= 0.6 is 11.6 Å². The van der Waals surface area contributed by atoms with Crippen molar-refractivity contribution in [2.24, 2.45) is 0 Å². The lowest BCUT2D eigenvalue weighted by molar-refractivity contribution is 0.315. The number of rotatable bonds is 2. The zero-order valence-corrected chi connectivity index (χ0v) is 16.7. The van der Waals surface area contributed by atoms with Crippen LogP contribution in [0.3, 0.4) is 0 Å². The van der Waals surface area contributed by atoms with Gasteiger partial charge in [-0.1, -0.05) is 48.0 Å². The van der Waals surface area contributed by atoms with Crippen LogP contribution in [0.5, 0.6) is 0 Å². The summed E-state index contributed by atoms with van der Waals surface area (Å²) in [7, 11) is 2.12. The van der Waals surface area contributed by atoms with Crippen LogP contribution in [-0.4, -0.2) is 26.7 Å². The average Bonchev–Trinajstić information content (AvgIpc) is 3.06. The maximum atomic E-state index is 6.27. The van der Waals surface area contributed by atoms with Gasteiger partial charge in [0.15, 0.2) is 5.82 Å². The van der Waals surface area contributed by atoms with Crippen LogP contribution in [-0.2, 0) is 13.1 Å². The molecule has 1 atom stereocenters. The number of hydrogen-bond donors (Lipinski definition) is 0. The fraction of sp³-hybridized carbons (Fsp3) is 0.304. The Morgan fingerprint density at radius 3 is 2.68 bits per heavy atom. The van der Waals surface area contributed by atoms with Crippen LogP contribution in [0.1, 0.15) is 48.0 Å². The molecule has 1 unspecified atom stereocenters. The first kappa shape index (κ1) is 17.7. The lowest BCUT2D eigenvalue weighted by atomic mass is 9.86. The van der Waals surface area contributed by atoms with E-state index in [1.807, 2.05) is 6.07 Å². The van der Waals surface area contributed by atoms with Crippen molar-refractivity contribution in [1.82, 2.24) is 19.7 Å². The Balaban J connectivity index is 1.51. The molecule has 1 aliphatic carbocycles. The van der Waals surface area contributed by atoms with Crippen LogP contribution < -0.4 is 0 Å². The van der Waals surface area contributed by atoms with Crippen molar-refractivity contribution in [1.29, 1.82) is 0 Å². The molecule has 5 rings (SSSR count). The van der Waals surface area contributed by atoms with Crippen molar-refractivity contribution in [2.75, 3.05) is 7.05 Å². The predicted molar refractivity (Wildman–Crippen MR) is 113 cm³/mol. The standard InChI is InChI=1S/C23H23ClN4/c1-27-14-19-13-20(24)11-12-21(19)28-22(15-27)25-26-23(28)18-9-7-17(8-10-18)16-5-3-2-4-6-16/h2-7,11-13,18H,8-10,14-15H2,1H3. The van der Waals surface area contributed by atoms with E-state index in [-0.39, 0.29) is 0 Å². The molecule has 2 heterocycles. The molecular weight excluding hydrogens is 368 g/mol. The van der Waals surface area contributed by atoms with Gasteiger partial charge in [0.2, 0.25) is 0 Å². The number of halogens is 1. The second-order valence-electron chi connectivity index (χ2n) is 7.82. The van der Waals surface area contributed by atoms with Crippen LogP contribution in [0.15, 0.2) is 54.6 Å². The molecule has 1 aliphatic heterocycles. The molecule has 1 aromatic heterocycles. The van der Waals surface area contributed by atoms with Crippen LogP contribution in [0, 0.1) is 0 Å². The summed E-state index contributed by atoms with van der Waals surface area (Å²) in [5.41, 5.74) is 5.18. The summed E-state index contributed by atoms with van der Waals surface area (Å²) < 4.78 is 2.28. The van der Waals surface area contributed by atoms with Crippen molar-refractivity contribution in [3.05, 3.63) is 82.4 Å². The van der Waals surface area contributed by atoms with Crippen molar-refractivity contribution in [3.63, 3.8) is 0 Å². The number of hydrogen-bond acceptors (Lipinski definition) is 3. The third-order valence-electron chi connectivity index (χ3n) is 5.81. The fourth-order valence-corrected chi connectivity index (χ4v) is 4.62. The SMILES string of the molecule is CN1Cc2cc(Cl)ccc2-n2c(nnc2C2CC=C(c3ccccc3)CC2)C1. The van der Waals surface area contributed by atoms with E-state index in [1.165, 1.54) is 22.4 Å². The van der Waals surface area contributed by atoms with E-state index in [0.29, 0.717) is 5.92 Å². The number of nitrogens with zero attached hydrogens (tertiary/aromatic N) is 4. The minimum absolute atomic E-state index is 0.389. The van der Waals surface area contributed by atoms with E-state index in [9.17, 15) is 0 Å². The first-order valence-electron chi connectivity index (χ1n) is 9.85. The summed E-state index contributed by atoms with van der Waals surface area (Å²) in [4.78, 5) is 2.26. The van der Waals surface area contributed by atoms with Gasteiger partial charge in [-0.2, -0.15) is 0 Å². The fourth-order valence-electron chi connectivity index (χ4n) is 4.43. The van der Waals surface area contributed by atoms with Gasteiger partial charge in [-0.15, -0.1) is 10.2 Å². The second-order valence-corrected chi connectivity index (χ2v) is 8.26. The first-order chi connectivity index (χ1) is 13.7. The average molecular weight is 391 g/mol. The van der Waals surface area contributed by atoms with E-state index in [0.717, 1.165) is 49.0 Å². The third kappa shape index (κ3) is 3.17. The quantitative estimate of drug-likeness (QED) is 0.601. The number of aromatic nitrogens is 3. The third-order valence-corrected chi connectivity index (χ3v) is 6.04. The van der Waals surface area contributed by atoms with Crippen molar-refractivity contribution >= 4 is 17.2 Å². The lowest BCUT2D eigenvalue weighted by Gasteiger charge is -2.23. The summed E-state index contributed by atoms with van der Waals surface area (Å²) in [6.45, 7) is 1.65. The maximum absolute atomic E-state index is 6.27. The molecule has 0 N–H and O–H groups in total. The highest BCUT2D eigenvalue weighted by Crippen LogP contribution is 2.37. The summed E-state index contributed by atoms with van der Waals surface area (Å²) >= 11 is 6.27. The van der Waals surface area contributed by atoms with Crippen LogP contribution in [0.4, 0.5) is 0 Å². The molecule has 0 fully saturated rings. The van der Waals surface area contributed by atoms with Gasteiger partial charge in [-0.3, -0.25) is 9.47 Å². The Bertz CT molecular complexity index is 1040. The smallest absolute Gasteiger partial charge is 0.151 e. The molecule has 0 amide bonds. The Hall–Kier alpha value is -2.43. The molecule has 4 nitrogen and oxygen atoms in total. The van der Waals surface area contributed by atoms with Crippen molar-refractivity contribution in [3.8, 4) is 5.69 Å². The van der Waals surface area contributed by atoms with E-state index in [1.54, 1.807) is 0 Å². The molecule has 142 valence electrons. The van der Waals surface area contributed by atoms with Crippen LogP contribution in [0.2, 0.25) is 5.02 Å². The summed E-state index contributed by atoms with van der Waals surface area (Å²) in [6, 6.07) is 16.8. The molecule has 3 aromatic rings. The Kier molecular flexibility index (Phi) is 4.53. The molecule has 2 aromatic carbocycles. The largest absolute Gasteiger partial charge is 0.295 e. The number of allylic oxidation sites excluding steroid dienone is 2. The maximum Gasteiger partial charge on any atom is 0.151 e. The van der Waals surface area contributed by atoms with E-state index in [4.69, 9.17) is 11.6 Å². The Morgan fingerprint density at radius 1 is 1.04 bits per heavy atom. The molecular formula is C23H23ClN4. The van der Waals surface area contributed by atoms with Gasteiger partial charge in [0.25, 0.3) is 0 Å². The zero-order chi connectivity index (χ0) is 19.1. The van der Waals surface area contributed by atoms with Gasteiger partial charge in [-0.05, 0) is 61.2 Å². The molecule has 0 saturated carbocycles. The normalized spacial score (nSPS) is 19.5. The molecule has 0 radical (unpaired) electrons. The van der Waals surface area contributed by atoms with E-state index < -0.39 is 0 Å². The molecule has 5 heteroatoms. The summed E-state index contributed by atoms with van der Waals surface area (Å²) in [5, 5.41) is 9.98. The Morgan fingerprint density at radius 2 is 1.89 bits per heavy atom. The highest BCUT2D eigenvalue weighted by atomic mass is 35.5. The van der Waals surface area contributed by atoms with E-state index >= 15 is 0 Å². The molecule has 2 aliphatic rings. The topological polar surface area (TPSA) is 34.0 Å².